The average Bonchev–Trinajstić information content (AvgIpc) is 3.62. The second-order valence-electron chi connectivity index (χ2n) is 15.5. The Hall–Kier alpha value is -6.18. The van der Waals surface area contributed by atoms with E-state index in [1.54, 1.807) is 0 Å². The Morgan fingerprint density at radius 1 is 0.415 bits per heavy atom. The van der Waals surface area contributed by atoms with E-state index in [0.717, 1.165) is 23.5 Å². The lowest BCUT2D eigenvalue weighted by atomic mass is 9.60. The Labute approximate surface area is 311 Å². The molecule has 1 heteroatoms. The predicted octanol–water partition coefficient (Wildman–Crippen LogP) is 13.5. The molecule has 53 heavy (non-hydrogen) atoms. The van der Waals surface area contributed by atoms with Gasteiger partial charge in [-0.25, -0.2) is 0 Å². The molecule has 11 rings (SSSR count). The first kappa shape index (κ1) is 30.4. The van der Waals surface area contributed by atoms with Crippen molar-refractivity contribution in [3.63, 3.8) is 0 Å². The Kier molecular flexibility index (Phi) is 6.27. The lowest BCUT2D eigenvalue weighted by molar-refractivity contribution is 0.660. The van der Waals surface area contributed by atoms with Crippen LogP contribution in [-0.2, 0) is 17.3 Å². The van der Waals surface area contributed by atoms with Crippen LogP contribution >= 0.6 is 0 Å². The van der Waals surface area contributed by atoms with E-state index in [2.05, 4.69) is 196 Å². The summed E-state index contributed by atoms with van der Waals surface area (Å²) in [6.45, 7) is 7.03. The largest absolute Gasteiger partial charge is 0.310 e. The quantitative estimate of drug-likeness (QED) is 0.179. The number of aryl methyl sites for hydroxylation is 1. The molecule has 0 N–H and O–H groups in total. The lowest BCUT2D eigenvalue weighted by Crippen LogP contribution is -2.33. The molecule has 0 bridgehead atoms. The van der Waals surface area contributed by atoms with Crippen molar-refractivity contribution in [2.45, 2.75) is 38.0 Å². The van der Waals surface area contributed by atoms with Gasteiger partial charge in [-0.2, -0.15) is 0 Å². The van der Waals surface area contributed by atoms with Gasteiger partial charge in [0.1, 0.15) is 0 Å². The minimum Gasteiger partial charge on any atom is -0.310 e. The summed E-state index contributed by atoms with van der Waals surface area (Å²) < 4.78 is 0. The van der Waals surface area contributed by atoms with Crippen molar-refractivity contribution in [3.05, 3.63) is 209 Å². The lowest BCUT2D eigenvalue weighted by Gasteiger charge is -2.41. The summed E-state index contributed by atoms with van der Waals surface area (Å²) in [5.41, 5.74) is 20.6. The number of anilines is 3. The van der Waals surface area contributed by atoms with Crippen molar-refractivity contribution in [1.29, 1.82) is 0 Å². The number of benzene rings is 8. The highest BCUT2D eigenvalue weighted by atomic mass is 15.1. The van der Waals surface area contributed by atoms with Gasteiger partial charge < -0.3 is 4.90 Å². The average molecular weight is 678 g/mol. The number of para-hydroxylation sites is 1. The van der Waals surface area contributed by atoms with Gasteiger partial charge in [0.2, 0.25) is 0 Å². The van der Waals surface area contributed by atoms with Gasteiger partial charge in [0.15, 0.2) is 0 Å². The van der Waals surface area contributed by atoms with Gasteiger partial charge in [0.25, 0.3) is 0 Å². The van der Waals surface area contributed by atoms with Crippen LogP contribution in [0.4, 0.5) is 17.1 Å². The minimum atomic E-state index is -0.471. The minimum absolute atomic E-state index is 0.0452. The monoisotopic (exact) mass is 677 g/mol. The number of rotatable bonds is 4. The number of hydrogen-bond acceptors (Lipinski definition) is 1. The smallest absolute Gasteiger partial charge is 0.0729 e. The third-order valence-corrected chi connectivity index (χ3v) is 12.6. The van der Waals surface area contributed by atoms with Crippen molar-refractivity contribution >= 4 is 27.8 Å². The molecule has 1 atom stereocenters. The Bertz CT molecular complexity index is 2810. The predicted molar refractivity (Wildman–Crippen MR) is 222 cm³/mol. The Morgan fingerprint density at radius 3 is 1.72 bits per heavy atom. The fourth-order valence-corrected chi connectivity index (χ4v) is 10.4. The fourth-order valence-electron chi connectivity index (χ4n) is 10.4. The molecule has 8 aromatic rings. The molecule has 0 saturated heterocycles. The number of nitrogens with zero attached hydrogens (tertiary/aromatic N) is 1. The van der Waals surface area contributed by atoms with Crippen molar-refractivity contribution < 1.29 is 0 Å². The molecule has 0 radical (unpaired) electrons. The Balaban J connectivity index is 1.22. The zero-order valence-corrected chi connectivity index (χ0v) is 30.3. The van der Waals surface area contributed by atoms with Crippen molar-refractivity contribution in [1.82, 2.24) is 0 Å². The van der Waals surface area contributed by atoms with Crippen molar-refractivity contribution in [2.24, 2.45) is 0 Å². The first-order valence-corrected chi connectivity index (χ1v) is 19.0. The van der Waals surface area contributed by atoms with Crippen LogP contribution in [0.1, 0.15) is 59.7 Å². The third kappa shape index (κ3) is 3.92. The zero-order chi connectivity index (χ0) is 35.5. The first-order chi connectivity index (χ1) is 26.0. The second kappa shape index (κ2) is 10.9. The van der Waals surface area contributed by atoms with Gasteiger partial charge in [0.05, 0.1) is 5.41 Å². The molecule has 252 valence electrons. The molecular weight excluding hydrogens is 639 g/mol. The molecule has 0 aromatic heterocycles. The molecule has 0 aliphatic heterocycles. The molecule has 8 aromatic carbocycles. The molecule has 0 amide bonds. The van der Waals surface area contributed by atoms with Crippen LogP contribution in [0.3, 0.4) is 0 Å². The van der Waals surface area contributed by atoms with Crippen LogP contribution in [0, 0.1) is 0 Å². The van der Waals surface area contributed by atoms with Gasteiger partial charge in [0, 0.05) is 22.5 Å². The van der Waals surface area contributed by atoms with E-state index in [1.807, 2.05) is 0 Å². The Morgan fingerprint density at radius 2 is 0.981 bits per heavy atom. The van der Waals surface area contributed by atoms with E-state index in [1.165, 1.54) is 83.1 Å². The van der Waals surface area contributed by atoms with E-state index < -0.39 is 5.41 Å². The highest BCUT2D eigenvalue weighted by molar-refractivity contribution is 6.08. The normalized spacial score (nSPS) is 16.5. The highest BCUT2D eigenvalue weighted by Crippen LogP contribution is 2.63. The summed E-state index contributed by atoms with van der Waals surface area (Å²) >= 11 is 0. The SMILES string of the molecule is CCc1ccc2cccc3c2c1C1(c2ccccc2-c2ccc(N(c4ccccc4)c4ccc5c(c4)-c4ccccc4C5(C)C)cc21)c1ccccc1-3. The number of fused-ring (bicyclic) bond motifs is 12. The van der Waals surface area contributed by atoms with Crippen LogP contribution in [0.2, 0.25) is 0 Å². The number of hydrogen-bond donors (Lipinski definition) is 0. The molecule has 3 aliphatic carbocycles. The standard InChI is InChI=1S/C52H39N/c1-4-33-25-26-34-15-14-21-42-39-19-10-13-24-47(39)52(50(33)49(34)42)46-23-12-9-18-38(46)41-29-27-37(32-48(41)52)53(35-16-6-5-7-17-35)36-28-30-45-43(31-36)40-20-8-11-22-44(40)51(45,2)3/h5-32H,4H2,1-3H3. The van der Waals surface area contributed by atoms with Gasteiger partial charge in [-0.15, -0.1) is 0 Å². The molecule has 0 fully saturated rings. The second-order valence-corrected chi connectivity index (χ2v) is 15.5. The summed E-state index contributed by atoms with van der Waals surface area (Å²) in [7, 11) is 0. The fraction of sp³-hybridized carbons (Fsp3) is 0.115. The van der Waals surface area contributed by atoms with E-state index in [9.17, 15) is 0 Å². The maximum Gasteiger partial charge on any atom is 0.0729 e. The van der Waals surface area contributed by atoms with Crippen molar-refractivity contribution in [2.75, 3.05) is 4.90 Å². The van der Waals surface area contributed by atoms with Gasteiger partial charge in [-0.3, -0.25) is 0 Å². The topological polar surface area (TPSA) is 3.24 Å². The van der Waals surface area contributed by atoms with E-state index in [4.69, 9.17) is 0 Å². The molecule has 0 saturated carbocycles. The molecule has 3 aliphatic rings. The van der Waals surface area contributed by atoms with Crippen LogP contribution < -0.4 is 4.90 Å². The zero-order valence-electron chi connectivity index (χ0n) is 30.3. The molecule has 1 nitrogen and oxygen atoms in total. The van der Waals surface area contributed by atoms with Crippen LogP contribution in [0.5, 0.6) is 0 Å². The maximum absolute atomic E-state index is 2.52. The van der Waals surface area contributed by atoms with Crippen LogP contribution in [0.25, 0.3) is 44.2 Å². The van der Waals surface area contributed by atoms with Crippen LogP contribution in [0.15, 0.2) is 170 Å². The third-order valence-electron chi connectivity index (χ3n) is 12.6. The molecule has 1 spiro atoms. The summed E-state index contributed by atoms with van der Waals surface area (Å²) in [5, 5.41) is 2.69. The molecular formula is C52H39N. The van der Waals surface area contributed by atoms with Gasteiger partial charge in [-0.05, 0) is 126 Å². The van der Waals surface area contributed by atoms with E-state index in [-0.39, 0.29) is 5.41 Å². The van der Waals surface area contributed by atoms with Gasteiger partial charge in [-0.1, -0.05) is 154 Å². The highest BCUT2D eigenvalue weighted by Gasteiger charge is 2.51. The summed E-state index contributed by atoms with van der Waals surface area (Å²) in [6.07, 6.45) is 0.962. The van der Waals surface area contributed by atoms with E-state index in [0.29, 0.717) is 0 Å². The summed E-state index contributed by atoms with van der Waals surface area (Å²) in [4.78, 5) is 2.47. The summed E-state index contributed by atoms with van der Waals surface area (Å²) in [6, 6.07) is 64.2. The maximum atomic E-state index is 2.52. The molecule has 0 heterocycles. The molecule has 1 unspecified atom stereocenters. The van der Waals surface area contributed by atoms with Gasteiger partial charge >= 0.3 is 0 Å². The van der Waals surface area contributed by atoms with E-state index >= 15 is 0 Å². The summed E-state index contributed by atoms with van der Waals surface area (Å²) in [5.74, 6) is 0. The van der Waals surface area contributed by atoms with Crippen LogP contribution in [-0.4, -0.2) is 0 Å². The first-order valence-electron chi connectivity index (χ1n) is 19.0. The van der Waals surface area contributed by atoms with Crippen molar-refractivity contribution in [3.8, 4) is 33.4 Å².